The molecule has 1 atom stereocenters. The number of nitrogens with zero attached hydrogens (tertiary/aromatic N) is 4. The van der Waals surface area contributed by atoms with Gasteiger partial charge in [0.15, 0.2) is 11.5 Å². The Hall–Kier alpha value is -1.86. The molecule has 0 saturated carbocycles. The Morgan fingerprint density at radius 1 is 1.21 bits per heavy atom. The van der Waals surface area contributed by atoms with E-state index >= 15 is 0 Å². The van der Waals surface area contributed by atoms with Crippen molar-refractivity contribution in [3.05, 3.63) is 35.4 Å². The average Bonchev–Trinajstić information content (AvgIpc) is 3.03. The van der Waals surface area contributed by atoms with Crippen LogP contribution in [-0.2, 0) is 13.6 Å². The van der Waals surface area contributed by atoms with E-state index in [2.05, 4.69) is 15.5 Å². The number of aliphatic hydroxyl groups excluding tert-OH is 1. The minimum atomic E-state index is -3.70. The zero-order chi connectivity index (χ0) is 17.3. The molecule has 9 heteroatoms. The zero-order valence-corrected chi connectivity index (χ0v) is 14.6. The number of rotatable bonds is 6. The summed E-state index contributed by atoms with van der Waals surface area (Å²) in [5.74, 6) is -1.39. The fourth-order valence-electron chi connectivity index (χ4n) is 2.74. The van der Waals surface area contributed by atoms with Gasteiger partial charge in [0.2, 0.25) is 0 Å². The van der Waals surface area contributed by atoms with E-state index in [9.17, 15) is 9.67 Å². The summed E-state index contributed by atoms with van der Waals surface area (Å²) in [5, 5.41) is 23.0. The third kappa shape index (κ3) is 2.71. The highest BCUT2D eigenvalue weighted by Gasteiger charge is 2.36. The van der Waals surface area contributed by atoms with E-state index in [0.29, 0.717) is 16.6 Å². The smallest absolute Gasteiger partial charge is 0.363 e. The summed E-state index contributed by atoms with van der Waals surface area (Å²) >= 11 is 0. The second kappa shape index (κ2) is 6.57. The van der Waals surface area contributed by atoms with E-state index in [1.165, 1.54) is 0 Å². The van der Waals surface area contributed by atoms with Crippen LogP contribution in [0.3, 0.4) is 0 Å². The van der Waals surface area contributed by atoms with Gasteiger partial charge in [0, 0.05) is 10.9 Å². The lowest BCUT2D eigenvalue weighted by Gasteiger charge is -2.23. The summed E-state index contributed by atoms with van der Waals surface area (Å²) < 4.78 is 25.1. The lowest BCUT2D eigenvalue weighted by Crippen LogP contribution is -2.08. The van der Waals surface area contributed by atoms with Crippen molar-refractivity contribution in [2.45, 2.75) is 26.6 Å². The molecule has 0 aliphatic heterocycles. The molecule has 3 rings (SSSR count). The number of fused-ring (bicyclic) bond motifs is 3. The summed E-state index contributed by atoms with van der Waals surface area (Å²) in [6.07, 6.45) is 0. The predicted octanol–water partition coefficient (Wildman–Crippen LogP) is 2.84. The summed E-state index contributed by atoms with van der Waals surface area (Å²) in [6.45, 7) is 5.68. The minimum Gasteiger partial charge on any atom is -0.376 e. The molecule has 0 saturated heterocycles. The maximum atomic E-state index is 12.9. The molecule has 2 aromatic heterocycles. The lowest BCUT2D eigenvalue weighted by atomic mass is 10.0. The Morgan fingerprint density at radius 3 is 2.58 bits per heavy atom. The second-order valence-corrected chi connectivity index (χ2v) is 7.35. The van der Waals surface area contributed by atoms with Crippen LogP contribution in [0.1, 0.15) is 30.8 Å². The second-order valence-electron chi connectivity index (χ2n) is 5.27. The lowest BCUT2D eigenvalue weighted by molar-refractivity contribution is 0.151. The standard InChI is InChI=1S/C15H19N4O4P/c1-4-22-24(21,23-5-2)15(20)12-7-6-10(3)14-11(12)8-9-13-16-17-18-19(13)14/h6-9,15,20H,4-5H2,1-3H3. The van der Waals surface area contributed by atoms with E-state index in [0.717, 1.165) is 11.1 Å². The summed E-state index contributed by atoms with van der Waals surface area (Å²) in [6, 6.07) is 7.09. The van der Waals surface area contributed by atoms with Crippen LogP contribution in [0.25, 0.3) is 16.6 Å². The van der Waals surface area contributed by atoms with Gasteiger partial charge >= 0.3 is 7.60 Å². The number of aromatic nitrogens is 4. The first-order valence-electron chi connectivity index (χ1n) is 7.69. The van der Waals surface area contributed by atoms with Gasteiger partial charge in [-0.15, -0.1) is 5.10 Å². The first-order chi connectivity index (χ1) is 11.5. The van der Waals surface area contributed by atoms with Crippen LogP contribution < -0.4 is 0 Å². The Kier molecular flexibility index (Phi) is 4.64. The third-order valence-electron chi connectivity index (χ3n) is 3.75. The molecule has 0 fully saturated rings. The van der Waals surface area contributed by atoms with E-state index in [1.54, 1.807) is 36.6 Å². The topological polar surface area (TPSA) is 98.8 Å². The number of aryl methyl sites for hydroxylation is 1. The van der Waals surface area contributed by atoms with Crippen LogP contribution in [0.5, 0.6) is 0 Å². The normalized spacial score (nSPS) is 13.7. The highest BCUT2D eigenvalue weighted by molar-refractivity contribution is 7.54. The summed E-state index contributed by atoms with van der Waals surface area (Å²) in [7, 11) is -3.70. The van der Waals surface area contributed by atoms with Gasteiger partial charge < -0.3 is 14.2 Å². The van der Waals surface area contributed by atoms with Crippen LogP contribution in [0, 0.1) is 6.92 Å². The number of aliphatic hydroxyl groups is 1. The Labute approximate surface area is 138 Å². The molecule has 0 aliphatic carbocycles. The van der Waals surface area contributed by atoms with Crippen LogP contribution in [0.15, 0.2) is 24.3 Å². The van der Waals surface area contributed by atoms with Gasteiger partial charge in [-0.2, -0.15) is 4.52 Å². The Balaban J connectivity index is 2.22. The first kappa shape index (κ1) is 17.0. The van der Waals surface area contributed by atoms with Crippen molar-refractivity contribution in [2.24, 2.45) is 0 Å². The van der Waals surface area contributed by atoms with Crippen molar-refractivity contribution in [1.82, 2.24) is 20.0 Å². The Bertz CT molecular complexity index is 916. The fraction of sp³-hybridized carbons (Fsp3) is 0.400. The van der Waals surface area contributed by atoms with Crippen LogP contribution in [-0.4, -0.2) is 38.4 Å². The maximum Gasteiger partial charge on any atom is 0.363 e. The van der Waals surface area contributed by atoms with E-state index < -0.39 is 13.4 Å². The van der Waals surface area contributed by atoms with Crippen LogP contribution in [0.4, 0.5) is 0 Å². The van der Waals surface area contributed by atoms with Crippen molar-refractivity contribution in [3.8, 4) is 0 Å². The third-order valence-corrected chi connectivity index (χ3v) is 5.87. The van der Waals surface area contributed by atoms with Crippen molar-refractivity contribution >= 4 is 24.1 Å². The van der Waals surface area contributed by atoms with Crippen LogP contribution in [0.2, 0.25) is 0 Å². The quantitative estimate of drug-likeness (QED) is 0.682. The maximum absolute atomic E-state index is 12.9. The number of benzene rings is 1. The number of hydrogen-bond donors (Lipinski definition) is 1. The van der Waals surface area contributed by atoms with E-state index in [1.807, 2.05) is 13.0 Å². The van der Waals surface area contributed by atoms with Gasteiger partial charge in [0.05, 0.1) is 18.7 Å². The first-order valence-corrected chi connectivity index (χ1v) is 9.30. The SMILES string of the molecule is CCOP(=O)(OCC)C(O)c1ccc(C)c2c1ccc1nnnn12. The van der Waals surface area contributed by atoms with E-state index in [4.69, 9.17) is 9.05 Å². The largest absolute Gasteiger partial charge is 0.376 e. The van der Waals surface area contributed by atoms with Gasteiger partial charge in [-0.3, -0.25) is 4.57 Å². The van der Waals surface area contributed by atoms with Gasteiger partial charge in [0.25, 0.3) is 0 Å². The number of pyridine rings is 1. The molecule has 3 aromatic rings. The summed E-state index contributed by atoms with van der Waals surface area (Å²) in [5.41, 5.74) is 2.73. The zero-order valence-electron chi connectivity index (χ0n) is 13.7. The Morgan fingerprint density at radius 2 is 1.92 bits per heavy atom. The molecule has 24 heavy (non-hydrogen) atoms. The van der Waals surface area contributed by atoms with Crippen molar-refractivity contribution in [3.63, 3.8) is 0 Å². The van der Waals surface area contributed by atoms with Gasteiger partial charge in [-0.25, -0.2) is 0 Å². The molecule has 1 unspecified atom stereocenters. The molecule has 0 bridgehead atoms. The van der Waals surface area contributed by atoms with Gasteiger partial charge in [-0.1, -0.05) is 12.1 Å². The molecule has 0 radical (unpaired) electrons. The molecule has 1 N–H and O–H groups in total. The summed E-state index contributed by atoms with van der Waals surface area (Å²) in [4.78, 5) is 0. The fourth-order valence-corrected chi connectivity index (χ4v) is 4.38. The molecular formula is C15H19N4O4P. The van der Waals surface area contributed by atoms with Crippen molar-refractivity contribution in [2.75, 3.05) is 13.2 Å². The minimum absolute atomic E-state index is 0.176. The molecular weight excluding hydrogens is 331 g/mol. The number of hydrogen-bond acceptors (Lipinski definition) is 7. The molecule has 0 amide bonds. The van der Waals surface area contributed by atoms with Gasteiger partial charge in [-0.05, 0) is 48.9 Å². The molecule has 1 aromatic carbocycles. The van der Waals surface area contributed by atoms with Crippen molar-refractivity contribution < 1.29 is 18.7 Å². The molecule has 128 valence electrons. The monoisotopic (exact) mass is 350 g/mol. The molecule has 0 spiro atoms. The number of tetrazole rings is 1. The highest BCUT2D eigenvalue weighted by Crippen LogP contribution is 2.60. The molecule has 0 aliphatic rings. The molecule has 8 nitrogen and oxygen atoms in total. The van der Waals surface area contributed by atoms with Gasteiger partial charge in [0.1, 0.15) is 0 Å². The molecule has 2 heterocycles. The predicted molar refractivity (Wildman–Crippen MR) is 88.8 cm³/mol. The van der Waals surface area contributed by atoms with Crippen molar-refractivity contribution in [1.29, 1.82) is 0 Å². The van der Waals surface area contributed by atoms with Crippen LogP contribution >= 0.6 is 7.60 Å². The highest BCUT2D eigenvalue weighted by atomic mass is 31.2. The average molecular weight is 350 g/mol. The van der Waals surface area contributed by atoms with E-state index in [-0.39, 0.29) is 13.2 Å².